The van der Waals surface area contributed by atoms with Crippen LogP contribution in [0.2, 0.25) is 0 Å². The first kappa shape index (κ1) is 18.6. The Morgan fingerprint density at radius 2 is 1.85 bits per heavy atom. The van der Waals surface area contributed by atoms with Crippen molar-refractivity contribution >= 4 is 21.5 Å². The molecule has 26 heavy (non-hydrogen) atoms. The fourth-order valence-electron chi connectivity index (χ4n) is 2.91. The summed E-state index contributed by atoms with van der Waals surface area (Å²) in [6, 6.07) is 13.8. The molecule has 2 aromatic carbocycles. The molecule has 1 fully saturated rings. The summed E-state index contributed by atoms with van der Waals surface area (Å²) in [4.78, 5) is 13.8. The molecule has 1 aliphatic heterocycles. The molecule has 0 radical (unpaired) electrons. The van der Waals surface area contributed by atoms with Crippen LogP contribution in [-0.2, 0) is 21.3 Å². The Morgan fingerprint density at radius 3 is 2.58 bits per heavy atom. The molecule has 0 aliphatic carbocycles. The van der Waals surface area contributed by atoms with Gasteiger partial charge >= 0.3 is 0 Å². The van der Waals surface area contributed by atoms with E-state index in [1.165, 1.54) is 19.1 Å². The van der Waals surface area contributed by atoms with E-state index in [1.807, 2.05) is 24.3 Å². The van der Waals surface area contributed by atoms with Crippen LogP contribution >= 0.6 is 0 Å². The number of carbonyl (C=O) groups is 1. The van der Waals surface area contributed by atoms with Gasteiger partial charge in [-0.15, -0.1) is 0 Å². The third-order valence-corrected chi connectivity index (χ3v) is 5.75. The van der Waals surface area contributed by atoms with Crippen molar-refractivity contribution in [1.29, 1.82) is 0 Å². The highest BCUT2D eigenvalue weighted by Crippen LogP contribution is 2.22. The minimum atomic E-state index is -3.71. The second kappa shape index (κ2) is 7.99. The van der Waals surface area contributed by atoms with Gasteiger partial charge in [0.2, 0.25) is 10.0 Å². The summed E-state index contributed by atoms with van der Waals surface area (Å²) in [5, 5.41) is 0. The van der Waals surface area contributed by atoms with Gasteiger partial charge in [-0.3, -0.25) is 4.79 Å². The molecule has 1 saturated heterocycles. The maximum Gasteiger partial charge on any atom is 0.240 e. The minimum absolute atomic E-state index is 0.0917. The largest absolute Gasteiger partial charge is 0.378 e. The quantitative estimate of drug-likeness (QED) is 0.785. The van der Waals surface area contributed by atoms with Crippen molar-refractivity contribution in [2.75, 3.05) is 31.2 Å². The van der Waals surface area contributed by atoms with Crippen LogP contribution < -0.4 is 9.62 Å². The number of hydrogen-bond acceptors (Lipinski definition) is 5. The lowest BCUT2D eigenvalue weighted by Gasteiger charge is -2.30. The number of rotatable bonds is 6. The number of nitrogens with zero attached hydrogens (tertiary/aromatic N) is 1. The molecular weight excluding hydrogens is 352 g/mol. The lowest BCUT2D eigenvalue weighted by Crippen LogP contribution is -2.37. The van der Waals surface area contributed by atoms with E-state index in [0.717, 1.165) is 24.3 Å². The first-order valence-electron chi connectivity index (χ1n) is 8.48. The molecule has 7 heteroatoms. The SMILES string of the molecule is CC(=O)c1cccc(S(=O)(=O)NCc2ccccc2N2CCOCC2)c1. The zero-order valence-electron chi connectivity index (χ0n) is 14.6. The number of anilines is 1. The summed E-state index contributed by atoms with van der Waals surface area (Å²) >= 11 is 0. The molecule has 3 rings (SSSR count). The van der Waals surface area contributed by atoms with Crippen molar-refractivity contribution in [3.05, 3.63) is 59.7 Å². The number of nitrogens with one attached hydrogen (secondary N) is 1. The Labute approximate surface area is 153 Å². The number of sulfonamides is 1. The van der Waals surface area contributed by atoms with Gasteiger partial charge in [0, 0.05) is 30.9 Å². The molecule has 1 N–H and O–H groups in total. The number of Topliss-reactive ketones (excluding diaryl/α,β-unsaturated/α-hetero) is 1. The van der Waals surface area contributed by atoms with Gasteiger partial charge < -0.3 is 9.64 Å². The average molecular weight is 374 g/mol. The maximum atomic E-state index is 12.6. The van der Waals surface area contributed by atoms with Gasteiger partial charge in [-0.1, -0.05) is 30.3 Å². The normalized spacial score (nSPS) is 15.0. The fraction of sp³-hybridized carbons (Fsp3) is 0.316. The molecule has 0 atom stereocenters. The molecule has 0 unspecified atom stereocenters. The van der Waals surface area contributed by atoms with Crippen molar-refractivity contribution in [2.45, 2.75) is 18.4 Å². The molecule has 0 spiro atoms. The molecule has 2 aromatic rings. The number of ketones is 1. The Hall–Kier alpha value is -2.22. The standard InChI is InChI=1S/C19H22N2O4S/c1-15(22)16-6-4-7-18(13-16)26(23,24)20-14-17-5-2-3-8-19(17)21-9-11-25-12-10-21/h2-8,13,20H,9-12,14H2,1H3. The summed E-state index contributed by atoms with van der Waals surface area (Å²) in [7, 11) is -3.71. The summed E-state index contributed by atoms with van der Waals surface area (Å²) in [6.45, 7) is 4.49. The number of para-hydroxylation sites is 1. The monoisotopic (exact) mass is 374 g/mol. The molecule has 0 amide bonds. The first-order valence-corrected chi connectivity index (χ1v) is 9.97. The molecule has 0 bridgehead atoms. The number of hydrogen-bond donors (Lipinski definition) is 1. The van der Waals surface area contributed by atoms with Crippen molar-refractivity contribution in [1.82, 2.24) is 4.72 Å². The molecular formula is C19H22N2O4S. The zero-order chi connectivity index (χ0) is 18.6. The Morgan fingerprint density at radius 1 is 1.12 bits per heavy atom. The van der Waals surface area contributed by atoms with Gasteiger partial charge in [-0.25, -0.2) is 13.1 Å². The van der Waals surface area contributed by atoms with Crippen LogP contribution in [0.5, 0.6) is 0 Å². The van der Waals surface area contributed by atoms with E-state index in [4.69, 9.17) is 4.74 Å². The van der Waals surface area contributed by atoms with E-state index in [1.54, 1.807) is 12.1 Å². The van der Waals surface area contributed by atoms with Gasteiger partial charge in [0.1, 0.15) is 0 Å². The highest BCUT2D eigenvalue weighted by atomic mass is 32.2. The van der Waals surface area contributed by atoms with Gasteiger partial charge in [0.25, 0.3) is 0 Å². The highest BCUT2D eigenvalue weighted by molar-refractivity contribution is 7.89. The van der Waals surface area contributed by atoms with E-state index >= 15 is 0 Å². The minimum Gasteiger partial charge on any atom is -0.378 e. The van der Waals surface area contributed by atoms with Crippen LogP contribution in [-0.4, -0.2) is 40.5 Å². The van der Waals surface area contributed by atoms with E-state index in [9.17, 15) is 13.2 Å². The highest BCUT2D eigenvalue weighted by Gasteiger charge is 2.18. The second-order valence-electron chi connectivity index (χ2n) is 6.14. The van der Waals surface area contributed by atoms with E-state index in [2.05, 4.69) is 9.62 Å². The van der Waals surface area contributed by atoms with Crippen LogP contribution in [0, 0.1) is 0 Å². The Bertz CT molecular complexity index is 890. The molecule has 0 saturated carbocycles. The number of carbonyl (C=O) groups excluding carboxylic acids is 1. The summed E-state index contributed by atoms with van der Waals surface area (Å²) < 4.78 is 33.2. The van der Waals surface area contributed by atoms with Crippen LogP contribution in [0.3, 0.4) is 0 Å². The summed E-state index contributed by atoms with van der Waals surface area (Å²) in [5.74, 6) is -0.167. The fourth-order valence-corrected chi connectivity index (χ4v) is 3.96. The van der Waals surface area contributed by atoms with Crippen LogP contribution in [0.1, 0.15) is 22.8 Å². The van der Waals surface area contributed by atoms with Crippen molar-refractivity contribution in [3.63, 3.8) is 0 Å². The third-order valence-electron chi connectivity index (χ3n) is 4.35. The zero-order valence-corrected chi connectivity index (χ0v) is 15.5. The molecule has 138 valence electrons. The predicted molar refractivity (Wildman–Crippen MR) is 99.9 cm³/mol. The van der Waals surface area contributed by atoms with E-state index in [0.29, 0.717) is 18.8 Å². The van der Waals surface area contributed by atoms with Crippen LogP contribution in [0.25, 0.3) is 0 Å². The van der Waals surface area contributed by atoms with Crippen molar-refractivity contribution in [3.8, 4) is 0 Å². The lowest BCUT2D eigenvalue weighted by atomic mass is 10.1. The smallest absolute Gasteiger partial charge is 0.240 e. The van der Waals surface area contributed by atoms with Gasteiger partial charge in [0.15, 0.2) is 5.78 Å². The average Bonchev–Trinajstić information content (AvgIpc) is 2.67. The van der Waals surface area contributed by atoms with Gasteiger partial charge in [-0.2, -0.15) is 0 Å². The molecule has 6 nitrogen and oxygen atoms in total. The second-order valence-corrected chi connectivity index (χ2v) is 7.90. The summed E-state index contributed by atoms with van der Waals surface area (Å²) in [6.07, 6.45) is 0. The number of benzene rings is 2. The van der Waals surface area contributed by atoms with E-state index < -0.39 is 10.0 Å². The first-order chi connectivity index (χ1) is 12.5. The van der Waals surface area contributed by atoms with Crippen LogP contribution in [0.15, 0.2) is 53.4 Å². The maximum absolute atomic E-state index is 12.6. The third kappa shape index (κ3) is 4.30. The van der Waals surface area contributed by atoms with Crippen molar-refractivity contribution < 1.29 is 17.9 Å². The van der Waals surface area contributed by atoms with Crippen molar-refractivity contribution in [2.24, 2.45) is 0 Å². The number of ether oxygens (including phenoxy) is 1. The lowest BCUT2D eigenvalue weighted by molar-refractivity contribution is 0.101. The van der Waals surface area contributed by atoms with Gasteiger partial charge in [-0.05, 0) is 30.7 Å². The van der Waals surface area contributed by atoms with Gasteiger partial charge in [0.05, 0.1) is 18.1 Å². The molecule has 0 aromatic heterocycles. The topological polar surface area (TPSA) is 75.7 Å². The Balaban J connectivity index is 1.78. The predicted octanol–water partition coefficient (Wildman–Crippen LogP) is 2.20. The molecule has 1 heterocycles. The summed E-state index contributed by atoms with van der Waals surface area (Å²) in [5.41, 5.74) is 2.29. The van der Waals surface area contributed by atoms with E-state index in [-0.39, 0.29) is 17.2 Å². The number of morpholine rings is 1. The Kier molecular flexibility index (Phi) is 5.70. The van der Waals surface area contributed by atoms with Crippen LogP contribution in [0.4, 0.5) is 5.69 Å². The molecule has 1 aliphatic rings.